The van der Waals surface area contributed by atoms with E-state index in [-0.39, 0.29) is 11.6 Å². The van der Waals surface area contributed by atoms with Gasteiger partial charge in [0.25, 0.3) is 0 Å². The number of benzene rings is 1. The SMILES string of the molecule is Cc1ccsc1CN(C)S(=O)(=O)Cc1ccc(F)cc1. The summed E-state index contributed by atoms with van der Waals surface area (Å²) in [5.74, 6) is -0.484. The van der Waals surface area contributed by atoms with E-state index < -0.39 is 10.0 Å². The molecule has 0 aliphatic carbocycles. The highest BCUT2D eigenvalue weighted by molar-refractivity contribution is 7.88. The van der Waals surface area contributed by atoms with Crippen LogP contribution >= 0.6 is 11.3 Å². The highest BCUT2D eigenvalue weighted by Crippen LogP contribution is 2.20. The Morgan fingerprint density at radius 3 is 2.40 bits per heavy atom. The van der Waals surface area contributed by atoms with Crippen molar-refractivity contribution in [2.45, 2.75) is 19.2 Å². The minimum atomic E-state index is -3.40. The van der Waals surface area contributed by atoms with E-state index in [1.165, 1.54) is 28.6 Å². The van der Waals surface area contributed by atoms with Crippen LogP contribution in [-0.4, -0.2) is 19.8 Å². The third-order valence-corrected chi connectivity index (χ3v) is 5.86. The van der Waals surface area contributed by atoms with Crippen LogP contribution < -0.4 is 0 Å². The molecule has 0 unspecified atom stereocenters. The summed E-state index contributed by atoms with van der Waals surface area (Å²) in [5.41, 5.74) is 1.68. The Kier molecular flexibility index (Phi) is 4.57. The molecule has 6 heteroatoms. The molecule has 3 nitrogen and oxygen atoms in total. The molecule has 0 saturated carbocycles. The van der Waals surface area contributed by atoms with Gasteiger partial charge in [-0.05, 0) is 41.6 Å². The van der Waals surface area contributed by atoms with Gasteiger partial charge in [-0.1, -0.05) is 12.1 Å². The molecule has 0 radical (unpaired) electrons. The van der Waals surface area contributed by atoms with E-state index in [9.17, 15) is 12.8 Å². The van der Waals surface area contributed by atoms with Crippen molar-refractivity contribution in [1.82, 2.24) is 4.31 Å². The predicted molar refractivity (Wildman–Crippen MR) is 79.5 cm³/mol. The first-order valence-corrected chi connectivity index (χ1v) is 8.59. The third kappa shape index (κ3) is 3.65. The fourth-order valence-corrected chi connectivity index (χ4v) is 3.97. The molecule has 0 fully saturated rings. The van der Waals surface area contributed by atoms with E-state index in [2.05, 4.69) is 0 Å². The molecule has 108 valence electrons. The number of nitrogens with zero attached hydrogens (tertiary/aromatic N) is 1. The minimum Gasteiger partial charge on any atom is -0.212 e. The molecule has 0 bridgehead atoms. The van der Waals surface area contributed by atoms with E-state index in [1.807, 2.05) is 18.4 Å². The van der Waals surface area contributed by atoms with Gasteiger partial charge in [-0.2, -0.15) is 4.31 Å². The first-order chi connectivity index (χ1) is 9.38. The molecular weight excluding hydrogens is 297 g/mol. The number of hydrogen-bond donors (Lipinski definition) is 0. The highest BCUT2D eigenvalue weighted by atomic mass is 32.2. The van der Waals surface area contributed by atoms with Crippen molar-refractivity contribution >= 4 is 21.4 Å². The Bertz CT molecular complexity index is 677. The van der Waals surface area contributed by atoms with Crippen LogP contribution in [0, 0.1) is 12.7 Å². The first kappa shape index (κ1) is 15.2. The van der Waals surface area contributed by atoms with Gasteiger partial charge < -0.3 is 0 Å². The summed E-state index contributed by atoms with van der Waals surface area (Å²) in [6.45, 7) is 2.33. The molecule has 0 aliphatic rings. The molecular formula is C14H16FNO2S2. The summed E-state index contributed by atoms with van der Waals surface area (Å²) in [7, 11) is -1.83. The lowest BCUT2D eigenvalue weighted by Gasteiger charge is -2.17. The molecule has 2 rings (SSSR count). The second kappa shape index (κ2) is 6.03. The molecule has 0 N–H and O–H groups in total. The fourth-order valence-electron chi connectivity index (χ4n) is 1.77. The van der Waals surface area contributed by atoms with Crippen LogP contribution in [0.1, 0.15) is 16.0 Å². The molecule has 0 spiro atoms. The predicted octanol–water partition coefficient (Wildman–Crippen LogP) is 3.16. The number of thiophene rings is 1. The van der Waals surface area contributed by atoms with Gasteiger partial charge in [-0.3, -0.25) is 0 Å². The number of sulfonamides is 1. The maximum absolute atomic E-state index is 12.8. The Morgan fingerprint density at radius 2 is 1.85 bits per heavy atom. The van der Waals surface area contributed by atoms with Crippen LogP contribution in [0.15, 0.2) is 35.7 Å². The molecule has 1 aromatic carbocycles. The largest absolute Gasteiger partial charge is 0.218 e. The van der Waals surface area contributed by atoms with Gasteiger partial charge in [0.15, 0.2) is 0 Å². The molecule has 0 amide bonds. The molecule has 0 aliphatic heterocycles. The highest BCUT2D eigenvalue weighted by Gasteiger charge is 2.19. The van der Waals surface area contributed by atoms with Crippen molar-refractivity contribution in [1.29, 1.82) is 0 Å². The molecule has 0 atom stereocenters. The number of halogens is 1. The van der Waals surface area contributed by atoms with Gasteiger partial charge in [-0.15, -0.1) is 11.3 Å². The van der Waals surface area contributed by atoms with Gasteiger partial charge in [0, 0.05) is 18.5 Å². The van der Waals surface area contributed by atoms with Crippen molar-refractivity contribution in [3.8, 4) is 0 Å². The molecule has 20 heavy (non-hydrogen) atoms. The van der Waals surface area contributed by atoms with E-state index in [1.54, 1.807) is 18.4 Å². The van der Waals surface area contributed by atoms with Crippen LogP contribution in [0.4, 0.5) is 4.39 Å². The van der Waals surface area contributed by atoms with Crippen LogP contribution in [0.3, 0.4) is 0 Å². The Labute approximate surface area is 122 Å². The summed E-state index contributed by atoms with van der Waals surface area (Å²) >= 11 is 1.55. The van der Waals surface area contributed by atoms with E-state index in [4.69, 9.17) is 0 Å². The van der Waals surface area contributed by atoms with Crippen LogP contribution in [-0.2, 0) is 22.3 Å². The zero-order chi connectivity index (χ0) is 14.8. The molecule has 0 saturated heterocycles. The molecule has 2 aromatic rings. The second-order valence-corrected chi connectivity index (χ2v) is 7.74. The van der Waals surface area contributed by atoms with Gasteiger partial charge >= 0.3 is 0 Å². The van der Waals surface area contributed by atoms with E-state index in [0.29, 0.717) is 12.1 Å². The summed E-state index contributed by atoms with van der Waals surface area (Å²) in [4.78, 5) is 1.04. The summed E-state index contributed by atoms with van der Waals surface area (Å²) in [6, 6.07) is 7.51. The topological polar surface area (TPSA) is 37.4 Å². The maximum Gasteiger partial charge on any atom is 0.218 e. The van der Waals surface area contributed by atoms with Crippen molar-refractivity contribution in [3.63, 3.8) is 0 Å². The lowest BCUT2D eigenvalue weighted by Crippen LogP contribution is -2.27. The second-order valence-electron chi connectivity index (χ2n) is 4.67. The maximum atomic E-state index is 12.8. The lowest BCUT2D eigenvalue weighted by molar-refractivity contribution is 0.468. The summed E-state index contributed by atoms with van der Waals surface area (Å²) < 4.78 is 38.7. The number of hydrogen-bond acceptors (Lipinski definition) is 3. The smallest absolute Gasteiger partial charge is 0.212 e. The fraction of sp³-hybridized carbons (Fsp3) is 0.286. The zero-order valence-electron chi connectivity index (χ0n) is 11.3. The molecule has 1 aromatic heterocycles. The molecule has 1 heterocycles. The summed E-state index contributed by atoms with van der Waals surface area (Å²) in [5, 5.41) is 1.95. The Balaban J connectivity index is 2.09. The van der Waals surface area contributed by atoms with Crippen molar-refractivity contribution in [3.05, 3.63) is 57.5 Å². The van der Waals surface area contributed by atoms with Crippen molar-refractivity contribution in [2.75, 3.05) is 7.05 Å². The van der Waals surface area contributed by atoms with Crippen LogP contribution in [0.25, 0.3) is 0 Å². The van der Waals surface area contributed by atoms with Gasteiger partial charge in [0.2, 0.25) is 10.0 Å². The summed E-state index contributed by atoms with van der Waals surface area (Å²) in [6.07, 6.45) is 0. The van der Waals surface area contributed by atoms with Gasteiger partial charge in [0.05, 0.1) is 5.75 Å². The number of aryl methyl sites for hydroxylation is 1. The monoisotopic (exact) mass is 313 g/mol. The van der Waals surface area contributed by atoms with Crippen molar-refractivity contribution < 1.29 is 12.8 Å². The lowest BCUT2D eigenvalue weighted by atomic mass is 10.2. The Morgan fingerprint density at radius 1 is 1.20 bits per heavy atom. The quantitative estimate of drug-likeness (QED) is 0.850. The van der Waals surface area contributed by atoms with Gasteiger partial charge in [0.1, 0.15) is 5.82 Å². The Hall–Kier alpha value is -1.24. The average Bonchev–Trinajstić information content (AvgIpc) is 2.78. The van der Waals surface area contributed by atoms with Gasteiger partial charge in [-0.25, -0.2) is 12.8 Å². The first-order valence-electron chi connectivity index (χ1n) is 6.10. The van der Waals surface area contributed by atoms with Crippen molar-refractivity contribution in [2.24, 2.45) is 0 Å². The van der Waals surface area contributed by atoms with E-state index in [0.717, 1.165) is 10.4 Å². The zero-order valence-corrected chi connectivity index (χ0v) is 13.0. The van der Waals surface area contributed by atoms with Crippen LogP contribution in [0.5, 0.6) is 0 Å². The average molecular weight is 313 g/mol. The normalized spacial score (nSPS) is 12.0. The standard InChI is InChI=1S/C14H16FNO2S2/c1-11-7-8-19-14(11)9-16(2)20(17,18)10-12-3-5-13(15)6-4-12/h3-8H,9-10H2,1-2H3. The van der Waals surface area contributed by atoms with E-state index >= 15 is 0 Å². The minimum absolute atomic E-state index is 0.117. The third-order valence-electron chi connectivity index (χ3n) is 3.07. The van der Waals surface area contributed by atoms with Crippen LogP contribution in [0.2, 0.25) is 0 Å². The number of rotatable bonds is 5.